The van der Waals surface area contributed by atoms with Gasteiger partial charge in [0.2, 0.25) is 0 Å². The lowest BCUT2D eigenvalue weighted by Crippen LogP contribution is -2.07. The van der Waals surface area contributed by atoms with E-state index in [4.69, 9.17) is 9.47 Å². The zero-order valence-corrected chi connectivity index (χ0v) is 15.0. The molecule has 0 amide bonds. The summed E-state index contributed by atoms with van der Waals surface area (Å²) in [6.07, 6.45) is 2.25. The number of hydrogen-bond donors (Lipinski definition) is 1. The van der Waals surface area contributed by atoms with Crippen molar-refractivity contribution in [2.45, 2.75) is 40.2 Å². The van der Waals surface area contributed by atoms with Gasteiger partial charge in [0.15, 0.2) is 0 Å². The van der Waals surface area contributed by atoms with Crippen molar-refractivity contribution in [2.24, 2.45) is 5.92 Å². The van der Waals surface area contributed by atoms with Gasteiger partial charge in [0, 0.05) is 6.54 Å². The Morgan fingerprint density at radius 3 is 2.42 bits per heavy atom. The highest BCUT2D eigenvalue weighted by molar-refractivity contribution is 5.56. The maximum atomic E-state index is 5.88. The van der Waals surface area contributed by atoms with Crippen LogP contribution in [0.5, 0.6) is 11.5 Å². The van der Waals surface area contributed by atoms with Gasteiger partial charge in [-0.3, -0.25) is 0 Å². The first-order chi connectivity index (χ1) is 11.7. The molecule has 2 aromatic rings. The van der Waals surface area contributed by atoms with Crippen molar-refractivity contribution in [1.29, 1.82) is 0 Å². The molecule has 3 nitrogen and oxygen atoms in total. The van der Waals surface area contributed by atoms with Crippen LogP contribution in [0.2, 0.25) is 0 Å². The highest BCUT2D eigenvalue weighted by Gasteiger charge is 2.04. The second-order valence-corrected chi connectivity index (χ2v) is 6.40. The van der Waals surface area contributed by atoms with Crippen molar-refractivity contribution in [1.82, 2.24) is 0 Å². The molecule has 0 aliphatic rings. The number of ether oxygens (including phenoxy) is 2. The molecule has 2 aromatic carbocycles. The molecule has 130 valence electrons. The van der Waals surface area contributed by atoms with Crippen LogP contribution in [0.15, 0.2) is 48.5 Å². The van der Waals surface area contributed by atoms with Crippen molar-refractivity contribution in [3.8, 4) is 11.5 Å². The van der Waals surface area contributed by atoms with Crippen LogP contribution in [0.1, 0.15) is 39.2 Å². The summed E-state index contributed by atoms with van der Waals surface area (Å²) >= 11 is 0. The van der Waals surface area contributed by atoms with Crippen LogP contribution in [0.4, 0.5) is 5.69 Å². The normalized spacial score (nSPS) is 10.7. The van der Waals surface area contributed by atoms with Crippen LogP contribution in [0, 0.1) is 5.92 Å². The molecule has 0 saturated carbocycles. The van der Waals surface area contributed by atoms with Gasteiger partial charge >= 0.3 is 0 Å². The van der Waals surface area contributed by atoms with Crippen LogP contribution in [-0.4, -0.2) is 13.2 Å². The zero-order valence-electron chi connectivity index (χ0n) is 15.0. The summed E-state index contributed by atoms with van der Waals surface area (Å²) in [5.41, 5.74) is 2.25. The fraction of sp³-hybridized carbons (Fsp3) is 0.429. The van der Waals surface area contributed by atoms with E-state index in [1.807, 2.05) is 30.3 Å². The molecular formula is C21H29NO2. The molecule has 0 unspecified atom stereocenters. The molecule has 0 spiro atoms. The van der Waals surface area contributed by atoms with Crippen LogP contribution in [0.25, 0.3) is 0 Å². The van der Waals surface area contributed by atoms with Crippen LogP contribution in [0.3, 0.4) is 0 Å². The number of unbranched alkanes of at least 4 members (excludes halogenated alkanes) is 1. The molecule has 0 saturated heterocycles. The molecule has 3 heteroatoms. The summed E-state index contributed by atoms with van der Waals surface area (Å²) in [4.78, 5) is 0. The lowest BCUT2D eigenvalue weighted by molar-refractivity contribution is 0.272. The lowest BCUT2D eigenvalue weighted by atomic mass is 10.2. The Bertz CT molecular complexity index is 593. The van der Waals surface area contributed by atoms with E-state index in [0.29, 0.717) is 5.92 Å². The Hall–Kier alpha value is -2.16. The Kier molecular flexibility index (Phi) is 7.47. The Labute approximate surface area is 146 Å². The maximum absolute atomic E-state index is 5.88. The third-order valence-corrected chi connectivity index (χ3v) is 3.63. The molecule has 1 N–H and O–H groups in total. The van der Waals surface area contributed by atoms with Crippen molar-refractivity contribution >= 4 is 5.69 Å². The lowest BCUT2D eigenvalue weighted by Gasteiger charge is -2.14. The van der Waals surface area contributed by atoms with Gasteiger partial charge < -0.3 is 14.8 Å². The standard InChI is InChI=1S/C21H29NO2/c1-4-5-14-23-19-12-10-18(11-13-19)15-22-20-8-6-7-9-21(20)24-16-17(2)3/h6-13,17,22H,4-5,14-16H2,1-3H3. The predicted molar refractivity (Wildman–Crippen MR) is 101 cm³/mol. The topological polar surface area (TPSA) is 30.5 Å². The van der Waals surface area contributed by atoms with Crippen molar-refractivity contribution in [3.63, 3.8) is 0 Å². The molecule has 0 atom stereocenters. The predicted octanol–water partition coefficient (Wildman–Crippen LogP) is 5.51. The first-order valence-corrected chi connectivity index (χ1v) is 8.86. The summed E-state index contributed by atoms with van der Waals surface area (Å²) in [7, 11) is 0. The first-order valence-electron chi connectivity index (χ1n) is 8.86. The van der Waals surface area contributed by atoms with Crippen molar-refractivity contribution in [3.05, 3.63) is 54.1 Å². The van der Waals surface area contributed by atoms with Gasteiger partial charge in [0.25, 0.3) is 0 Å². The third kappa shape index (κ3) is 6.15. The number of para-hydroxylation sites is 2. The zero-order chi connectivity index (χ0) is 17.2. The molecule has 0 fully saturated rings. The monoisotopic (exact) mass is 327 g/mol. The van der Waals surface area contributed by atoms with Gasteiger partial charge in [-0.25, -0.2) is 0 Å². The van der Waals surface area contributed by atoms with Gasteiger partial charge in [-0.05, 0) is 42.2 Å². The largest absolute Gasteiger partial charge is 0.494 e. The van der Waals surface area contributed by atoms with E-state index < -0.39 is 0 Å². The number of nitrogens with one attached hydrogen (secondary N) is 1. The van der Waals surface area contributed by atoms with E-state index in [1.165, 1.54) is 5.56 Å². The second-order valence-electron chi connectivity index (χ2n) is 6.40. The highest BCUT2D eigenvalue weighted by atomic mass is 16.5. The van der Waals surface area contributed by atoms with E-state index in [2.05, 4.69) is 44.3 Å². The summed E-state index contributed by atoms with van der Waals surface area (Å²) in [5, 5.41) is 3.46. The molecule has 0 bridgehead atoms. The van der Waals surface area contributed by atoms with Crippen LogP contribution in [-0.2, 0) is 6.54 Å². The number of benzene rings is 2. The minimum Gasteiger partial charge on any atom is -0.494 e. The molecular weight excluding hydrogens is 298 g/mol. The van der Waals surface area contributed by atoms with E-state index in [1.54, 1.807) is 0 Å². The van der Waals surface area contributed by atoms with Gasteiger partial charge in [-0.15, -0.1) is 0 Å². The van der Waals surface area contributed by atoms with Gasteiger partial charge in [-0.2, -0.15) is 0 Å². The highest BCUT2D eigenvalue weighted by Crippen LogP contribution is 2.25. The van der Waals surface area contributed by atoms with Gasteiger partial charge in [0.05, 0.1) is 18.9 Å². The number of hydrogen-bond acceptors (Lipinski definition) is 3. The minimum absolute atomic E-state index is 0.512. The van der Waals surface area contributed by atoms with E-state index in [9.17, 15) is 0 Å². The first kappa shape index (κ1) is 18.2. The molecule has 0 radical (unpaired) electrons. The average molecular weight is 327 g/mol. The van der Waals surface area contributed by atoms with Gasteiger partial charge in [0.1, 0.15) is 11.5 Å². The minimum atomic E-state index is 0.512. The molecule has 0 heterocycles. The fourth-order valence-electron chi connectivity index (χ4n) is 2.23. The second kappa shape index (κ2) is 9.86. The summed E-state index contributed by atoms with van der Waals surface area (Å²) in [5.74, 6) is 2.36. The Morgan fingerprint density at radius 2 is 1.71 bits per heavy atom. The smallest absolute Gasteiger partial charge is 0.142 e. The molecule has 2 rings (SSSR count). The summed E-state index contributed by atoms with van der Waals surface area (Å²) in [6.45, 7) is 8.75. The molecule has 24 heavy (non-hydrogen) atoms. The number of anilines is 1. The van der Waals surface area contributed by atoms with Crippen LogP contribution < -0.4 is 14.8 Å². The molecule has 0 aliphatic heterocycles. The quantitative estimate of drug-likeness (QED) is 0.583. The van der Waals surface area contributed by atoms with E-state index >= 15 is 0 Å². The molecule has 0 aliphatic carbocycles. The average Bonchev–Trinajstić information content (AvgIpc) is 2.60. The van der Waals surface area contributed by atoms with E-state index in [0.717, 1.165) is 49.8 Å². The molecule has 0 aromatic heterocycles. The Morgan fingerprint density at radius 1 is 0.958 bits per heavy atom. The maximum Gasteiger partial charge on any atom is 0.142 e. The summed E-state index contributed by atoms with van der Waals surface area (Å²) in [6, 6.07) is 16.4. The van der Waals surface area contributed by atoms with Crippen LogP contribution >= 0.6 is 0 Å². The van der Waals surface area contributed by atoms with Gasteiger partial charge in [-0.1, -0.05) is 51.5 Å². The SMILES string of the molecule is CCCCOc1ccc(CNc2ccccc2OCC(C)C)cc1. The third-order valence-electron chi connectivity index (χ3n) is 3.63. The summed E-state index contributed by atoms with van der Waals surface area (Å²) < 4.78 is 11.6. The number of rotatable bonds is 10. The van der Waals surface area contributed by atoms with Crippen molar-refractivity contribution < 1.29 is 9.47 Å². The van der Waals surface area contributed by atoms with Crippen molar-refractivity contribution in [2.75, 3.05) is 18.5 Å². The fourth-order valence-corrected chi connectivity index (χ4v) is 2.23. The Balaban J connectivity index is 1.89. The van der Waals surface area contributed by atoms with E-state index in [-0.39, 0.29) is 0 Å².